The van der Waals surface area contributed by atoms with Gasteiger partial charge in [-0.3, -0.25) is 9.69 Å². The van der Waals surface area contributed by atoms with Crippen LogP contribution < -0.4 is 10.2 Å². The molecule has 29 heavy (non-hydrogen) atoms. The summed E-state index contributed by atoms with van der Waals surface area (Å²) in [5.74, 6) is 1.04. The Balaban J connectivity index is 1.34. The smallest absolute Gasteiger partial charge is 0.221 e. The third kappa shape index (κ3) is 4.55. The topological polar surface area (TPSA) is 48.5 Å². The second-order valence-corrected chi connectivity index (χ2v) is 8.73. The predicted octanol–water partition coefficient (Wildman–Crippen LogP) is 4.58. The maximum absolute atomic E-state index is 11.3. The number of carbonyl (C=O) groups excluding carboxylic acids is 1. The van der Waals surface area contributed by atoms with E-state index in [1.165, 1.54) is 17.0 Å². The van der Waals surface area contributed by atoms with Crippen LogP contribution in [0.1, 0.15) is 18.1 Å². The maximum atomic E-state index is 11.3. The Morgan fingerprint density at radius 2 is 1.97 bits per heavy atom. The zero-order valence-corrected chi connectivity index (χ0v) is 18.3. The molecule has 2 heterocycles. The number of nitrogens with zero attached hydrogens (tertiary/aromatic N) is 3. The first-order chi connectivity index (χ1) is 14.0. The number of hydrogen-bond donors (Lipinski definition) is 1. The van der Waals surface area contributed by atoms with E-state index in [-0.39, 0.29) is 5.91 Å². The zero-order valence-electron chi connectivity index (χ0n) is 16.7. The molecule has 1 aromatic heterocycles. The summed E-state index contributed by atoms with van der Waals surface area (Å²) in [6.45, 7) is 8.50. The molecule has 0 aliphatic carbocycles. The summed E-state index contributed by atoms with van der Waals surface area (Å²) in [7, 11) is 0. The summed E-state index contributed by atoms with van der Waals surface area (Å²) in [6.07, 6.45) is 0.902. The molecule has 1 saturated heterocycles. The van der Waals surface area contributed by atoms with Gasteiger partial charge < -0.3 is 10.2 Å². The number of rotatable bonds is 5. The molecule has 3 aromatic rings. The molecule has 0 bridgehead atoms. The molecule has 1 aliphatic rings. The fourth-order valence-electron chi connectivity index (χ4n) is 3.82. The molecule has 5 nitrogen and oxygen atoms in total. The molecule has 1 N–H and O–H groups in total. The molecule has 0 radical (unpaired) electrons. The van der Waals surface area contributed by atoms with Crippen LogP contribution in [0.5, 0.6) is 0 Å². The van der Waals surface area contributed by atoms with Gasteiger partial charge in [0, 0.05) is 55.7 Å². The van der Waals surface area contributed by atoms with E-state index in [1.54, 1.807) is 11.5 Å². The van der Waals surface area contributed by atoms with Crippen molar-refractivity contribution in [2.45, 2.75) is 20.3 Å². The van der Waals surface area contributed by atoms with Crippen LogP contribution in [0.3, 0.4) is 0 Å². The van der Waals surface area contributed by atoms with Gasteiger partial charge in [0.05, 0.1) is 4.70 Å². The van der Waals surface area contributed by atoms with Gasteiger partial charge in [0.1, 0.15) is 5.82 Å². The zero-order chi connectivity index (χ0) is 20.4. The molecule has 0 spiro atoms. The largest absolute Gasteiger partial charge is 0.353 e. The average molecular weight is 429 g/mol. The second-order valence-electron chi connectivity index (χ2n) is 7.52. The van der Waals surface area contributed by atoms with E-state index in [2.05, 4.69) is 49.8 Å². The van der Waals surface area contributed by atoms with Crippen LogP contribution in [0.25, 0.3) is 10.1 Å². The first-order valence-corrected chi connectivity index (χ1v) is 11.0. The molecule has 1 fully saturated rings. The SMILES string of the molecule is CC(=O)Nc1cc(Cl)c(CCN2CCN(c3nsc4ccccc34)CC2)cc1C. The van der Waals surface area contributed by atoms with Crippen LogP contribution in [0.4, 0.5) is 11.5 Å². The first kappa shape index (κ1) is 20.1. The third-order valence-electron chi connectivity index (χ3n) is 5.43. The number of aromatic nitrogens is 1. The summed E-state index contributed by atoms with van der Waals surface area (Å²) >= 11 is 8.04. The Bertz CT molecular complexity index is 1030. The lowest BCUT2D eigenvalue weighted by Crippen LogP contribution is -2.47. The molecule has 7 heteroatoms. The molecular weight excluding hydrogens is 404 g/mol. The minimum Gasteiger partial charge on any atom is -0.353 e. The number of hydrogen-bond acceptors (Lipinski definition) is 5. The van der Waals surface area contributed by atoms with Crippen molar-refractivity contribution < 1.29 is 4.79 Å². The highest BCUT2D eigenvalue weighted by Gasteiger charge is 2.20. The molecule has 1 amide bonds. The van der Waals surface area contributed by atoms with Gasteiger partial charge in [-0.2, -0.15) is 4.37 Å². The van der Waals surface area contributed by atoms with E-state index in [9.17, 15) is 4.79 Å². The van der Waals surface area contributed by atoms with Crippen molar-refractivity contribution in [1.29, 1.82) is 0 Å². The van der Waals surface area contributed by atoms with Crippen molar-refractivity contribution in [3.63, 3.8) is 0 Å². The van der Waals surface area contributed by atoms with Gasteiger partial charge in [-0.25, -0.2) is 0 Å². The Hall–Kier alpha value is -2.15. The molecule has 2 aromatic carbocycles. The fraction of sp³-hybridized carbons (Fsp3) is 0.364. The number of carbonyl (C=O) groups is 1. The number of amides is 1. The van der Waals surface area contributed by atoms with Crippen LogP contribution in [0, 0.1) is 6.92 Å². The van der Waals surface area contributed by atoms with Gasteiger partial charge in [-0.1, -0.05) is 29.8 Å². The van der Waals surface area contributed by atoms with Crippen molar-refractivity contribution in [3.05, 3.63) is 52.5 Å². The number of benzene rings is 2. The standard InChI is InChI=1S/C22H25ClN4OS/c1-15-13-17(19(23)14-20(15)24-16(2)28)7-8-26-9-11-27(12-10-26)22-18-5-3-4-6-21(18)29-25-22/h3-6,13-14H,7-12H2,1-2H3,(H,24,28). The van der Waals surface area contributed by atoms with Crippen LogP contribution in [0.15, 0.2) is 36.4 Å². The molecule has 0 unspecified atom stereocenters. The minimum atomic E-state index is -0.0809. The monoisotopic (exact) mass is 428 g/mol. The number of nitrogens with one attached hydrogen (secondary N) is 1. The summed E-state index contributed by atoms with van der Waals surface area (Å²) in [5, 5.41) is 4.80. The molecule has 4 rings (SSSR count). The normalized spacial score (nSPS) is 15.1. The maximum Gasteiger partial charge on any atom is 0.221 e. The van der Waals surface area contributed by atoms with E-state index in [0.29, 0.717) is 5.02 Å². The van der Waals surface area contributed by atoms with E-state index in [4.69, 9.17) is 11.6 Å². The van der Waals surface area contributed by atoms with Crippen molar-refractivity contribution >= 4 is 50.6 Å². The van der Waals surface area contributed by atoms with Crippen molar-refractivity contribution in [1.82, 2.24) is 9.27 Å². The number of anilines is 2. The van der Waals surface area contributed by atoms with Crippen molar-refractivity contribution in [3.8, 4) is 0 Å². The Labute approximate surface area is 180 Å². The Kier molecular flexibility index (Phi) is 6.04. The lowest BCUT2D eigenvalue weighted by atomic mass is 10.1. The van der Waals surface area contributed by atoms with E-state index < -0.39 is 0 Å². The average Bonchev–Trinajstić information content (AvgIpc) is 3.14. The number of piperazine rings is 1. The van der Waals surface area contributed by atoms with Crippen LogP contribution >= 0.6 is 23.1 Å². The number of halogens is 1. The summed E-state index contributed by atoms with van der Waals surface area (Å²) in [4.78, 5) is 16.2. The summed E-state index contributed by atoms with van der Waals surface area (Å²) in [6, 6.07) is 12.4. The second kappa shape index (κ2) is 8.69. The van der Waals surface area contributed by atoms with Gasteiger partial charge in [-0.05, 0) is 54.2 Å². The van der Waals surface area contributed by atoms with Gasteiger partial charge in [-0.15, -0.1) is 0 Å². The van der Waals surface area contributed by atoms with Gasteiger partial charge in [0.25, 0.3) is 0 Å². The summed E-state index contributed by atoms with van der Waals surface area (Å²) < 4.78 is 5.94. The lowest BCUT2D eigenvalue weighted by molar-refractivity contribution is -0.114. The number of aryl methyl sites for hydroxylation is 1. The highest BCUT2D eigenvalue weighted by Crippen LogP contribution is 2.30. The Morgan fingerprint density at radius 1 is 1.21 bits per heavy atom. The fourth-order valence-corrected chi connectivity index (χ4v) is 4.87. The van der Waals surface area contributed by atoms with Crippen molar-refractivity contribution in [2.24, 2.45) is 0 Å². The van der Waals surface area contributed by atoms with Crippen LogP contribution in [-0.2, 0) is 11.2 Å². The first-order valence-electron chi connectivity index (χ1n) is 9.89. The van der Waals surface area contributed by atoms with E-state index >= 15 is 0 Å². The minimum absolute atomic E-state index is 0.0809. The van der Waals surface area contributed by atoms with Crippen LogP contribution in [-0.4, -0.2) is 47.9 Å². The highest BCUT2D eigenvalue weighted by molar-refractivity contribution is 7.13. The predicted molar refractivity (Wildman–Crippen MR) is 122 cm³/mol. The lowest BCUT2D eigenvalue weighted by Gasteiger charge is -2.35. The highest BCUT2D eigenvalue weighted by atomic mass is 35.5. The van der Waals surface area contributed by atoms with Gasteiger partial charge in [0.15, 0.2) is 0 Å². The molecular formula is C22H25ClN4OS. The molecule has 152 valence electrons. The molecule has 1 aliphatic heterocycles. The van der Waals surface area contributed by atoms with Gasteiger partial charge >= 0.3 is 0 Å². The van der Waals surface area contributed by atoms with E-state index in [1.807, 2.05) is 13.0 Å². The Morgan fingerprint density at radius 3 is 2.72 bits per heavy atom. The van der Waals surface area contributed by atoms with Crippen LogP contribution in [0.2, 0.25) is 5.02 Å². The molecule has 0 saturated carbocycles. The van der Waals surface area contributed by atoms with Gasteiger partial charge in [0.2, 0.25) is 5.91 Å². The quantitative estimate of drug-likeness (QED) is 0.646. The third-order valence-corrected chi connectivity index (χ3v) is 6.60. The van der Waals surface area contributed by atoms with E-state index in [0.717, 1.165) is 61.8 Å². The molecule has 0 atom stereocenters. The van der Waals surface area contributed by atoms with Crippen molar-refractivity contribution in [2.75, 3.05) is 42.9 Å². The number of fused-ring (bicyclic) bond motifs is 1. The summed E-state index contributed by atoms with van der Waals surface area (Å²) in [5.41, 5.74) is 2.96.